The lowest BCUT2D eigenvalue weighted by atomic mass is 9.79. The van der Waals surface area contributed by atoms with E-state index < -0.39 is 0 Å². The lowest BCUT2D eigenvalue weighted by Crippen LogP contribution is -2.45. The van der Waals surface area contributed by atoms with Gasteiger partial charge in [-0.3, -0.25) is 5.41 Å². The van der Waals surface area contributed by atoms with Crippen LogP contribution in [-0.2, 0) is 5.41 Å². The zero-order chi connectivity index (χ0) is 14.3. The van der Waals surface area contributed by atoms with Crippen LogP contribution >= 0.6 is 11.5 Å². The van der Waals surface area contributed by atoms with Gasteiger partial charge in [-0.05, 0) is 12.8 Å². The van der Waals surface area contributed by atoms with Gasteiger partial charge in [0.25, 0.3) is 0 Å². The van der Waals surface area contributed by atoms with E-state index in [0.717, 1.165) is 36.9 Å². The molecule has 1 aromatic heterocycles. The molecule has 19 heavy (non-hydrogen) atoms. The van der Waals surface area contributed by atoms with Gasteiger partial charge in [0.2, 0.25) is 5.13 Å². The maximum absolute atomic E-state index is 7.68. The third kappa shape index (κ3) is 2.88. The highest BCUT2D eigenvalue weighted by atomic mass is 32.1. The van der Waals surface area contributed by atoms with Crippen LogP contribution in [0.4, 0.5) is 5.13 Å². The molecule has 106 valence electrons. The van der Waals surface area contributed by atoms with E-state index in [1.165, 1.54) is 11.5 Å². The first kappa shape index (κ1) is 14.2. The van der Waals surface area contributed by atoms with E-state index in [4.69, 9.17) is 11.1 Å². The minimum absolute atomic E-state index is 0.00155. The summed E-state index contributed by atoms with van der Waals surface area (Å²) in [6.45, 7) is 10.3. The van der Waals surface area contributed by atoms with Gasteiger partial charge in [0.1, 0.15) is 5.82 Å². The number of nitrogens with one attached hydrogen (secondary N) is 1. The molecule has 5 nitrogen and oxygen atoms in total. The van der Waals surface area contributed by atoms with Crippen molar-refractivity contribution in [2.45, 2.75) is 46.0 Å². The van der Waals surface area contributed by atoms with E-state index in [1.54, 1.807) is 0 Å². The van der Waals surface area contributed by atoms with Crippen LogP contribution in [0.2, 0.25) is 0 Å². The topological polar surface area (TPSA) is 78.9 Å². The van der Waals surface area contributed by atoms with Gasteiger partial charge in [-0.25, -0.2) is 4.98 Å². The van der Waals surface area contributed by atoms with Crippen molar-refractivity contribution in [2.75, 3.05) is 18.0 Å². The van der Waals surface area contributed by atoms with E-state index in [2.05, 4.69) is 42.0 Å². The molecule has 0 spiro atoms. The first-order chi connectivity index (χ1) is 8.72. The zero-order valence-electron chi connectivity index (χ0n) is 12.2. The fourth-order valence-corrected chi connectivity index (χ4v) is 3.02. The number of amidine groups is 1. The number of piperidine rings is 1. The highest BCUT2D eigenvalue weighted by molar-refractivity contribution is 7.09. The molecule has 0 radical (unpaired) electrons. The summed E-state index contributed by atoms with van der Waals surface area (Å²) in [4.78, 5) is 6.91. The molecular weight excluding hydrogens is 258 g/mol. The molecule has 0 unspecified atom stereocenters. The Balaban J connectivity index is 2.06. The van der Waals surface area contributed by atoms with Crippen molar-refractivity contribution in [2.24, 2.45) is 11.1 Å². The second-order valence-corrected chi connectivity index (χ2v) is 7.34. The number of hydrogen-bond donors (Lipinski definition) is 2. The lowest BCUT2D eigenvalue weighted by molar-refractivity contribution is 0.350. The average molecular weight is 281 g/mol. The summed E-state index contributed by atoms with van der Waals surface area (Å²) in [6, 6.07) is 0. The van der Waals surface area contributed by atoms with Crippen LogP contribution in [0.15, 0.2) is 0 Å². The molecule has 0 amide bonds. The monoisotopic (exact) mass is 281 g/mol. The van der Waals surface area contributed by atoms with E-state index in [-0.39, 0.29) is 10.8 Å². The normalized spacial score (nSPS) is 19.5. The van der Waals surface area contributed by atoms with Gasteiger partial charge in [-0.15, -0.1) is 0 Å². The van der Waals surface area contributed by atoms with Gasteiger partial charge in [0, 0.05) is 35.5 Å². The number of nitrogens with zero attached hydrogens (tertiary/aromatic N) is 3. The van der Waals surface area contributed by atoms with Gasteiger partial charge >= 0.3 is 0 Å². The molecule has 1 fully saturated rings. The standard InChI is InChI=1S/C13H23N5S/c1-12(2,3)10-16-11(19-17-10)18-7-5-13(4,6-8-18)9(14)15/h5-8H2,1-4H3,(H3,14,15). The molecule has 0 bridgehead atoms. The van der Waals surface area contributed by atoms with Crippen molar-refractivity contribution >= 4 is 22.5 Å². The number of rotatable bonds is 2. The van der Waals surface area contributed by atoms with Crippen LogP contribution in [0.3, 0.4) is 0 Å². The van der Waals surface area contributed by atoms with Crippen LogP contribution in [0.1, 0.15) is 46.4 Å². The molecule has 0 aromatic carbocycles. The minimum atomic E-state index is -0.145. The number of anilines is 1. The molecule has 1 aliphatic heterocycles. The van der Waals surface area contributed by atoms with E-state index in [9.17, 15) is 0 Å². The summed E-state index contributed by atoms with van der Waals surface area (Å²) in [5.41, 5.74) is 5.54. The molecule has 0 aliphatic carbocycles. The highest BCUT2D eigenvalue weighted by Crippen LogP contribution is 2.34. The SMILES string of the molecule is CC1(C(=N)N)CCN(c2nc(C(C)(C)C)ns2)CC1. The molecule has 1 saturated heterocycles. The molecule has 0 saturated carbocycles. The molecule has 1 aliphatic rings. The third-order valence-corrected chi connectivity index (χ3v) is 4.65. The van der Waals surface area contributed by atoms with Crippen LogP contribution < -0.4 is 10.6 Å². The average Bonchev–Trinajstić information content (AvgIpc) is 2.79. The Morgan fingerprint density at radius 1 is 1.37 bits per heavy atom. The Hall–Kier alpha value is -1.17. The Morgan fingerprint density at radius 3 is 2.37 bits per heavy atom. The van der Waals surface area contributed by atoms with Crippen molar-refractivity contribution in [1.29, 1.82) is 5.41 Å². The van der Waals surface area contributed by atoms with Crippen molar-refractivity contribution in [1.82, 2.24) is 9.36 Å². The Kier molecular flexibility index (Phi) is 3.55. The van der Waals surface area contributed by atoms with E-state index >= 15 is 0 Å². The van der Waals surface area contributed by atoms with Crippen LogP contribution in [-0.4, -0.2) is 28.3 Å². The van der Waals surface area contributed by atoms with Gasteiger partial charge < -0.3 is 10.6 Å². The summed E-state index contributed by atoms with van der Waals surface area (Å²) in [5.74, 6) is 1.21. The van der Waals surface area contributed by atoms with E-state index in [1.807, 2.05) is 0 Å². The molecule has 2 rings (SSSR count). The predicted molar refractivity (Wildman–Crippen MR) is 80.1 cm³/mol. The first-order valence-electron chi connectivity index (χ1n) is 6.66. The molecular formula is C13H23N5S. The molecule has 0 atom stereocenters. The lowest BCUT2D eigenvalue weighted by Gasteiger charge is -2.38. The first-order valence-corrected chi connectivity index (χ1v) is 7.43. The third-order valence-electron chi connectivity index (χ3n) is 3.87. The summed E-state index contributed by atoms with van der Waals surface area (Å²) in [5, 5.41) is 8.67. The minimum Gasteiger partial charge on any atom is -0.387 e. The van der Waals surface area contributed by atoms with Crippen LogP contribution in [0.25, 0.3) is 0 Å². The van der Waals surface area contributed by atoms with Crippen molar-refractivity contribution < 1.29 is 0 Å². The highest BCUT2D eigenvalue weighted by Gasteiger charge is 2.34. The Labute approximate surface area is 118 Å². The summed E-state index contributed by atoms with van der Waals surface area (Å²) in [7, 11) is 0. The Bertz CT molecular complexity index is 466. The van der Waals surface area contributed by atoms with Gasteiger partial charge in [0.15, 0.2) is 0 Å². The Morgan fingerprint density at radius 2 is 1.95 bits per heavy atom. The molecule has 1 aromatic rings. The van der Waals surface area contributed by atoms with Crippen molar-refractivity contribution in [3.05, 3.63) is 5.82 Å². The number of nitrogens with two attached hydrogens (primary N) is 1. The number of aromatic nitrogens is 2. The molecule has 6 heteroatoms. The maximum Gasteiger partial charge on any atom is 0.205 e. The quantitative estimate of drug-likeness (QED) is 0.644. The number of hydrogen-bond acceptors (Lipinski definition) is 5. The van der Waals surface area contributed by atoms with Crippen LogP contribution in [0.5, 0.6) is 0 Å². The van der Waals surface area contributed by atoms with E-state index in [0.29, 0.717) is 5.84 Å². The summed E-state index contributed by atoms with van der Waals surface area (Å²) < 4.78 is 4.46. The van der Waals surface area contributed by atoms with Crippen molar-refractivity contribution in [3.63, 3.8) is 0 Å². The molecule has 2 heterocycles. The maximum atomic E-state index is 7.68. The largest absolute Gasteiger partial charge is 0.387 e. The zero-order valence-corrected chi connectivity index (χ0v) is 13.0. The second-order valence-electron chi connectivity index (χ2n) is 6.61. The predicted octanol–water partition coefficient (Wildman–Crippen LogP) is 2.38. The van der Waals surface area contributed by atoms with Crippen LogP contribution in [0, 0.1) is 10.8 Å². The van der Waals surface area contributed by atoms with Gasteiger partial charge in [-0.2, -0.15) is 4.37 Å². The van der Waals surface area contributed by atoms with Gasteiger partial charge in [0.05, 0.1) is 5.84 Å². The fourth-order valence-electron chi connectivity index (χ4n) is 2.11. The second kappa shape index (κ2) is 4.74. The van der Waals surface area contributed by atoms with Gasteiger partial charge in [-0.1, -0.05) is 27.7 Å². The fraction of sp³-hybridized carbons (Fsp3) is 0.769. The smallest absolute Gasteiger partial charge is 0.205 e. The summed E-state index contributed by atoms with van der Waals surface area (Å²) in [6.07, 6.45) is 1.82. The summed E-state index contributed by atoms with van der Waals surface area (Å²) >= 11 is 1.47. The van der Waals surface area contributed by atoms with Crippen molar-refractivity contribution in [3.8, 4) is 0 Å². The molecule has 3 N–H and O–H groups in total.